The number of amides is 1. The van der Waals surface area contributed by atoms with Crippen LogP contribution in [0.1, 0.15) is 53.3 Å². The van der Waals surface area contributed by atoms with Crippen LogP contribution in [0.2, 0.25) is 0 Å². The van der Waals surface area contributed by atoms with E-state index in [2.05, 4.69) is 10.00 Å². The van der Waals surface area contributed by atoms with Crippen LogP contribution in [-0.2, 0) is 32.0 Å². The number of carbonyl (C=O) groups excluding carboxylic acids is 1. The third-order valence-electron chi connectivity index (χ3n) is 7.58. The maximum atomic E-state index is 13.4. The van der Waals surface area contributed by atoms with Crippen molar-refractivity contribution in [1.29, 1.82) is 0 Å². The molecule has 2 fully saturated rings. The molecule has 0 radical (unpaired) electrons. The van der Waals surface area contributed by atoms with Crippen molar-refractivity contribution in [2.24, 2.45) is 13.0 Å². The number of hydrogen-bond donors (Lipinski definition) is 0. The molecule has 0 aromatic carbocycles. The number of carbonyl (C=O) groups is 1. The van der Waals surface area contributed by atoms with Gasteiger partial charge < -0.3 is 9.80 Å². The van der Waals surface area contributed by atoms with Gasteiger partial charge >= 0.3 is 0 Å². The molecule has 158 valence electrons. The van der Waals surface area contributed by atoms with Crippen LogP contribution in [0.15, 0.2) is 17.1 Å². The summed E-state index contributed by atoms with van der Waals surface area (Å²) in [7, 11) is 1.77. The SMILES string of the molecule is Cn1nccc1C(=O)N1CCc2nc3n(c(=O)c2C1)CCC31CCN(CC2CC2)C1. The first kappa shape index (κ1) is 18.3. The Balaban J connectivity index is 1.29. The predicted octanol–water partition coefficient (Wildman–Crippen LogP) is 0.933. The van der Waals surface area contributed by atoms with E-state index in [1.807, 2.05) is 4.57 Å². The summed E-state index contributed by atoms with van der Waals surface area (Å²) in [6, 6.07) is 1.73. The highest BCUT2D eigenvalue weighted by Crippen LogP contribution is 2.42. The molecule has 2 aromatic rings. The zero-order valence-electron chi connectivity index (χ0n) is 17.5. The zero-order valence-corrected chi connectivity index (χ0v) is 17.5. The highest BCUT2D eigenvalue weighted by molar-refractivity contribution is 5.92. The summed E-state index contributed by atoms with van der Waals surface area (Å²) in [5.41, 5.74) is 2.26. The Bertz CT molecular complexity index is 1080. The van der Waals surface area contributed by atoms with E-state index in [-0.39, 0.29) is 16.9 Å². The second kappa shape index (κ2) is 6.51. The lowest BCUT2D eigenvalue weighted by Gasteiger charge is -2.30. The first-order valence-electron chi connectivity index (χ1n) is 11.2. The van der Waals surface area contributed by atoms with E-state index in [1.54, 1.807) is 28.9 Å². The maximum Gasteiger partial charge on any atom is 0.272 e. The summed E-state index contributed by atoms with van der Waals surface area (Å²) in [5, 5.41) is 4.10. The van der Waals surface area contributed by atoms with Crippen LogP contribution >= 0.6 is 0 Å². The standard InChI is InChI=1S/C22H28N6O2/c1-25-18(4-8-23-25)20(30)27-9-5-17-16(13-27)19(29)28-11-7-22(21(28)24-17)6-10-26(14-22)12-15-2-3-15/h4,8,15H,2-3,5-7,9-14H2,1H3. The summed E-state index contributed by atoms with van der Waals surface area (Å²) in [6.07, 6.45) is 7.14. The fraction of sp³-hybridized carbons (Fsp3) is 0.636. The number of aromatic nitrogens is 4. The second-order valence-corrected chi connectivity index (χ2v) is 9.59. The zero-order chi connectivity index (χ0) is 20.5. The largest absolute Gasteiger partial charge is 0.332 e. The molecule has 1 spiro atoms. The molecule has 1 saturated carbocycles. The number of likely N-dealkylation sites (tertiary alicyclic amines) is 1. The molecular formula is C22H28N6O2. The minimum atomic E-state index is -0.0754. The van der Waals surface area contributed by atoms with Gasteiger partial charge in [0.25, 0.3) is 11.5 Å². The molecule has 1 aliphatic carbocycles. The Kier molecular flexibility index (Phi) is 3.97. The van der Waals surface area contributed by atoms with Gasteiger partial charge in [0.2, 0.25) is 0 Å². The molecule has 5 heterocycles. The lowest BCUT2D eigenvalue weighted by atomic mass is 9.85. The highest BCUT2D eigenvalue weighted by Gasteiger charge is 2.47. The van der Waals surface area contributed by atoms with E-state index in [9.17, 15) is 9.59 Å². The van der Waals surface area contributed by atoms with Crippen LogP contribution in [0.3, 0.4) is 0 Å². The van der Waals surface area contributed by atoms with Gasteiger partial charge in [0.15, 0.2) is 0 Å². The normalized spacial score (nSPS) is 25.7. The number of fused-ring (bicyclic) bond motifs is 3. The lowest BCUT2D eigenvalue weighted by Crippen LogP contribution is -2.42. The molecular weight excluding hydrogens is 380 g/mol. The van der Waals surface area contributed by atoms with Crippen LogP contribution in [0.25, 0.3) is 0 Å². The first-order valence-corrected chi connectivity index (χ1v) is 11.2. The van der Waals surface area contributed by atoms with E-state index in [1.165, 1.54) is 19.4 Å². The van der Waals surface area contributed by atoms with Crippen molar-refractivity contribution in [3.8, 4) is 0 Å². The average Bonchev–Trinajstić information content (AvgIpc) is 3.14. The first-order chi connectivity index (χ1) is 14.5. The average molecular weight is 409 g/mol. The van der Waals surface area contributed by atoms with Crippen molar-refractivity contribution in [3.63, 3.8) is 0 Å². The molecule has 4 aliphatic rings. The molecule has 1 unspecified atom stereocenters. The third-order valence-corrected chi connectivity index (χ3v) is 7.58. The summed E-state index contributed by atoms with van der Waals surface area (Å²) in [5.74, 6) is 1.83. The second-order valence-electron chi connectivity index (χ2n) is 9.59. The van der Waals surface area contributed by atoms with Gasteiger partial charge in [-0.2, -0.15) is 5.10 Å². The lowest BCUT2D eigenvalue weighted by molar-refractivity contribution is 0.0720. The number of rotatable bonds is 3. The van der Waals surface area contributed by atoms with Crippen LogP contribution < -0.4 is 5.56 Å². The fourth-order valence-electron chi connectivity index (χ4n) is 5.65. The Hall–Kier alpha value is -2.48. The molecule has 1 saturated heterocycles. The molecule has 30 heavy (non-hydrogen) atoms. The molecule has 8 heteroatoms. The van der Waals surface area contributed by atoms with E-state index >= 15 is 0 Å². The van der Waals surface area contributed by atoms with E-state index in [4.69, 9.17) is 4.98 Å². The minimum Gasteiger partial charge on any atom is -0.332 e. The summed E-state index contributed by atoms with van der Waals surface area (Å²) >= 11 is 0. The monoisotopic (exact) mass is 408 g/mol. The third kappa shape index (κ3) is 2.76. The van der Waals surface area contributed by atoms with Gasteiger partial charge in [0.1, 0.15) is 11.5 Å². The number of nitrogens with zero attached hydrogens (tertiary/aromatic N) is 6. The molecule has 2 aromatic heterocycles. The number of hydrogen-bond acceptors (Lipinski definition) is 5. The highest BCUT2D eigenvalue weighted by atomic mass is 16.2. The van der Waals surface area contributed by atoms with E-state index in [0.29, 0.717) is 30.8 Å². The van der Waals surface area contributed by atoms with Crippen LogP contribution in [-0.4, -0.2) is 61.2 Å². The molecule has 3 aliphatic heterocycles. The van der Waals surface area contributed by atoms with Gasteiger partial charge in [0.05, 0.1) is 17.8 Å². The molecule has 0 bridgehead atoms. The molecule has 1 atom stereocenters. The molecule has 6 rings (SSSR count). The van der Waals surface area contributed by atoms with Gasteiger partial charge in [-0.05, 0) is 44.2 Å². The Morgan fingerprint density at radius 2 is 2.07 bits per heavy atom. The molecule has 1 amide bonds. The molecule has 0 N–H and O–H groups in total. The maximum absolute atomic E-state index is 13.4. The smallest absolute Gasteiger partial charge is 0.272 e. The Morgan fingerprint density at radius 1 is 1.23 bits per heavy atom. The van der Waals surface area contributed by atoms with Crippen LogP contribution in [0.4, 0.5) is 0 Å². The van der Waals surface area contributed by atoms with Crippen molar-refractivity contribution >= 4 is 5.91 Å². The van der Waals surface area contributed by atoms with Crippen molar-refractivity contribution in [1.82, 2.24) is 29.1 Å². The Labute approximate surface area is 175 Å². The van der Waals surface area contributed by atoms with Gasteiger partial charge in [-0.1, -0.05) is 0 Å². The van der Waals surface area contributed by atoms with Gasteiger partial charge in [-0.3, -0.25) is 18.8 Å². The van der Waals surface area contributed by atoms with Gasteiger partial charge in [-0.25, -0.2) is 4.98 Å². The quantitative estimate of drug-likeness (QED) is 0.755. The van der Waals surface area contributed by atoms with Crippen molar-refractivity contribution < 1.29 is 4.79 Å². The van der Waals surface area contributed by atoms with Crippen molar-refractivity contribution in [3.05, 3.63) is 45.4 Å². The van der Waals surface area contributed by atoms with Crippen LogP contribution in [0.5, 0.6) is 0 Å². The van der Waals surface area contributed by atoms with Gasteiger partial charge in [-0.15, -0.1) is 0 Å². The van der Waals surface area contributed by atoms with Crippen molar-refractivity contribution in [2.75, 3.05) is 26.2 Å². The predicted molar refractivity (Wildman–Crippen MR) is 110 cm³/mol. The van der Waals surface area contributed by atoms with E-state index < -0.39 is 0 Å². The summed E-state index contributed by atoms with van der Waals surface area (Å²) in [6.45, 7) is 5.06. The Morgan fingerprint density at radius 3 is 2.83 bits per heavy atom. The number of aryl methyl sites for hydroxylation is 1. The van der Waals surface area contributed by atoms with Gasteiger partial charge in [0, 0.05) is 51.3 Å². The summed E-state index contributed by atoms with van der Waals surface area (Å²) < 4.78 is 3.50. The molecule has 8 nitrogen and oxygen atoms in total. The van der Waals surface area contributed by atoms with Crippen molar-refractivity contribution in [2.45, 2.75) is 50.6 Å². The fourth-order valence-corrected chi connectivity index (χ4v) is 5.65. The minimum absolute atomic E-state index is 0.0464. The van der Waals surface area contributed by atoms with Crippen LogP contribution in [0, 0.1) is 5.92 Å². The summed E-state index contributed by atoms with van der Waals surface area (Å²) in [4.78, 5) is 35.7. The van der Waals surface area contributed by atoms with E-state index in [0.717, 1.165) is 49.9 Å². The topological polar surface area (TPSA) is 76.3 Å².